The van der Waals surface area contributed by atoms with Gasteiger partial charge >= 0.3 is 0 Å². The molecule has 2 rings (SSSR count). The lowest BCUT2D eigenvalue weighted by Gasteiger charge is -2.30. The molecule has 0 aromatic carbocycles. The van der Waals surface area contributed by atoms with Crippen LogP contribution in [0.4, 0.5) is 0 Å². The molecule has 19 heavy (non-hydrogen) atoms. The molecule has 1 aliphatic carbocycles. The highest BCUT2D eigenvalue weighted by Crippen LogP contribution is 2.25. The molecule has 2 N–H and O–H groups in total. The topological polar surface area (TPSA) is 50.4 Å². The molecule has 2 atom stereocenters. The first-order chi connectivity index (χ1) is 9.24. The van der Waals surface area contributed by atoms with Gasteiger partial charge in [0.1, 0.15) is 0 Å². The van der Waals surface area contributed by atoms with Crippen LogP contribution in [0.5, 0.6) is 0 Å². The Morgan fingerprint density at radius 1 is 1.11 bits per heavy atom. The fourth-order valence-corrected chi connectivity index (χ4v) is 3.39. The summed E-state index contributed by atoms with van der Waals surface area (Å²) in [5, 5.41) is 6.74. The fourth-order valence-electron chi connectivity index (χ4n) is 3.39. The van der Waals surface area contributed by atoms with Crippen LogP contribution in [0, 0.1) is 5.92 Å². The van der Waals surface area contributed by atoms with Crippen molar-refractivity contribution in [1.82, 2.24) is 10.6 Å². The van der Waals surface area contributed by atoms with Crippen LogP contribution in [0.3, 0.4) is 0 Å². The van der Waals surface area contributed by atoms with E-state index in [1.165, 1.54) is 12.8 Å². The highest BCUT2D eigenvalue weighted by atomic mass is 16.5. The van der Waals surface area contributed by atoms with E-state index in [4.69, 9.17) is 4.74 Å². The molecular weight excluding hydrogens is 240 g/mol. The lowest BCUT2D eigenvalue weighted by molar-refractivity contribution is -0.127. The summed E-state index contributed by atoms with van der Waals surface area (Å²) in [7, 11) is 0. The number of amides is 1. The molecule has 2 unspecified atom stereocenters. The predicted octanol–water partition coefficient (Wildman–Crippen LogP) is 1.84. The first-order valence-electron chi connectivity index (χ1n) is 7.90. The summed E-state index contributed by atoms with van der Waals surface area (Å²) in [6, 6.07) is 1.02. The van der Waals surface area contributed by atoms with Crippen LogP contribution < -0.4 is 10.6 Å². The van der Waals surface area contributed by atoms with E-state index >= 15 is 0 Å². The van der Waals surface area contributed by atoms with Crippen LogP contribution >= 0.6 is 0 Å². The van der Waals surface area contributed by atoms with Crippen molar-refractivity contribution in [2.45, 2.75) is 70.6 Å². The van der Waals surface area contributed by atoms with Crippen molar-refractivity contribution in [1.29, 1.82) is 0 Å². The van der Waals surface area contributed by atoms with Crippen LogP contribution in [-0.2, 0) is 9.53 Å². The van der Waals surface area contributed by atoms with Crippen molar-refractivity contribution >= 4 is 5.91 Å². The Labute approximate surface area is 116 Å². The van der Waals surface area contributed by atoms with Crippen LogP contribution in [0.1, 0.15) is 52.4 Å². The van der Waals surface area contributed by atoms with Gasteiger partial charge in [-0.15, -0.1) is 0 Å². The van der Waals surface area contributed by atoms with Crippen molar-refractivity contribution < 1.29 is 9.53 Å². The standard InChI is InChI=1S/C15H28N2O2/c1-3-14-13(9-10-19-14)15(18)17-12-7-5-11(6-8-12)16-4-2/h11-14,16H,3-10H2,1-2H3,(H,17,18). The van der Waals surface area contributed by atoms with E-state index in [-0.39, 0.29) is 17.9 Å². The molecule has 2 fully saturated rings. The smallest absolute Gasteiger partial charge is 0.226 e. The van der Waals surface area contributed by atoms with Crippen LogP contribution in [0.25, 0.3) is 0 Å². The van der Waals surface area contributed by atoms with Gasteiger partial charge in [-0.25, -0.2) is 0 Å². The molecule has 0 bridgehead atoms. The molecule has 4 heteroatoms. The van der Waals surface area contributed by atoms with Crippen molar-refractivity contribution in [3.63, 3.8) is 0 Å². The minimum Gasteiger partial charge on any atom is -0.377 e. The summed E-state index contributed by atoms with van der Waals surface area (Å²) < 4.78 is 5.60. The second kappa shape index (κ2) is 7.25. The first-order valence-corrected chi connectivity index (χ1v) is 7.90. The molecule has 0 radical (unpaired) electrons. The third-order valence-electron chi connectivity index (χ3n) is 4.52. The highest BCUT2D eigenvalue weighted by molar-refractivity contribution is 5.79. The molecule has 0 aromatic rings. The zero-order valence-electron chi connectivity index (χ0n) is 12.3. The third kappa shape index (κ3) is 3.93. The third-order valence-corrected chi connectivity index (χ3v) is 4.52. The van der Waals surface area contributed by atoms with E-state index in [0.717, 1.165) is 38.8 Å². The minimum atomic E-state index is 0.0801. The summed E-state index contributed by atoms with van der Waals surface area (Å²) in [5.74, 6) is 0.299. The van der Waals surface area contributed by atoms with E-state index in [0.29, 0.717) is 12.1 Å². The SMILES string of the molecule is CCNC1CCC(NC(=O)C2CCOC2CC)CC1. The van der Waals surface area contributed by atoms with E-state index < -0.39 is 0 Å². The molecule has 1 saturated heterocycles. The van der Waals surface area contributed by atoms with Gasteiger partial charge in [0, 0.05) is 18.7 Å². The van der Waals surface area contributed by atoms with E-state index in [2.05, 4.69) is 24.5 Å². The monoisotopic (exact) mass is 268 g/mol. The average Bonchev–Trinajstić information content (AvgIpc) is 2.90. The van der Waals surface area contributed by atoms with Crippen LogP contribution in [0.2, 0.25) is 0 Å². The Balaban J connectivity index is 1.74. The maximum Gasteiger partial charge on any atom is 0.226 e. The zero-order chi connectivity index (χ0) is 13.7. The largest absolute Gasteiger partial charge is 0.377 e. The van der Waals surface area contributed by atoms with E-state index in [1.54, 1.807) is 0 Å². The first kappa shape index (κ1) is 14.8. The number of hydrogen-bond donors (Lipinski definition) is 2. The summed E-state index contributed by atoms with van der Waals surface area (Å²) in [5.41, 5.74) is 0. The van der Waals surface area contributed by atoms with Gasteiger partial charge in [-0.05, 0) is 45.1 Å². The maximum atomic E-state index is 12.3. The Morgan fingerprint density at radius 2 is 1.79 bits per heavy atom. The Kier molecular flexibility index (Phi) is 5.64. The number of hydrogen-bond acceptors (Lipinski definition) is 3. The number of carbonyl (C=O) groups is 1. The van der Waals surface area contributed by atoms with Crippen LogP contribution in [-0.4, -0.2) is 37.2 Å². The van der Waals surface area contributed by atoms with Gasteiger partial charge in [0.15, 0.2) is 0 Å². The van der Waals surface area contributed by atoms with Gasteiger partial charge in [-0.3, -0.25) is 4.79 Å². The number of carbonyl (C=O) groups excluding carboxylic acids is 1. The van der Waals surface area contributed by atoms with Gasteiger partial charge in [0.05, 0.1) is 12.0 Å². The van der Waals surface area contributed by atoms with Crippen molar-refractivity contribution in [2.24, 2.45) is 5.92 Å². The predicted molar refractivity (Wildman–Crippen MR) is 76.0 cm³/mol. The maximum absolute atomic E-state index is 12.3. The summed E-state index contributed by atoms with van der Waals surface area (Å²) >= 11 is 0. The number of nitrogens with one attached hydrogen (secondary N) is 2. The van der Waals surface area contributed by atoms with Gasteiger partial charge in [0.2, 0.25) is 5.91 Å². The van der Waals surface area contributed by atoms with Crippen LogP contribution in [0.15, 0.2) is 0 Å². The van der Waals surface area contributed by atoms with E-state index in [1.807, 2.05) is 0 Å². The minimum absolute atomic E-state index is 0.0801. The summed E-state index contributed by atoms with van der Waals surface area (Å²) in [6.45, 7) is 6.03. The van der Waals surface area contributed by atoms with Gasteiger partial charge in [-0.2, -0.15) is 0 Å². The molecule has 1 heterocycles. The number of ether oxygens (including phenoxy) is 1. The van der Waals surface area contributed by atoms with Crippen molar-refractivity contribution in [3.8, 4) is 0 Å². The average molecular weight is 268 g/mol. The zero-order valence-corrected chi connectivity index (χ0v) is 12.3. The lowest BCUT2D eigenvalue weighted by atomic mass is 9.90. The molecular formula is C15H28N2O2. The van der Waals surface area contributed by atoms with Gasteiger partial charge in [0.25, 0.3) is 0 Å². The van der Waals surface area contributed by atoms with Crippen molar-refractivity contribution in [3.05, 3.63) is 0 Å². The molecule has 4 nitrogen and oxygen atoms in total. The number of rotatable bonds is 5. The fraction of sp³-hybridized carbons (Fsp3) is 0.933. The van der Waals surface area contributed by atoms with Crippen molar-refractivity contribution in [2.75, 3.05) is 13.2 Å². The highest BCUT2D eigenvalue weighted by Gasteiger charge is 2.34. The van der Waals surface area contributed by atoms with Gasteiger partial charge < -0.3 is 15.4 Å². The molecule has 1 amide bonds. The lowest BCUT2D eigenvalue weighted by Crippen LogP contribution is -2.45. The second-order valence-electron chi connectivity index (χ2n) is 5.83. The molecule has 1 aliphatic heterocycles. The second-order valence-corrected chi connectivity index (χ2v) is 5.83. The van der Waals surface area contributed by atoms with E-state index in [9.17, 15) is 4.79 Å². The molecule has 2 aliphatic rings. The molecule has 1 saturated carbocycles. The normalized spacial score (nSPS) is 35.3. The van der Waals surface area contributed by atoms with Gasteiger partial charge in [-0.1, -0.05) is 13.8 Å². The molecule has 110 valence electrons. The Bertz CT molecular complexity index is 288. The Hall–Kier alpha value is -0.610. The summed E-state index contributed by atoms with van der Waals surface area (Å²) in [4.78, 5) is 12.3. The molecule has 0 aromatic heterocycles. The summed E-state index contributed by atoms with van der Waals surface area (Å²) in [6.07, 6.45) is 6.52. The molecule has 0 spiro atoms. The Morgan fingerprint density at radius 3 is 2.42 bits per heavy atom. The quantitative estimate of drug-likeness (QED) is 0.800.